The Hall–Kier alpha value is -1.59. The van der Waals surface area contributed by atoms with Gasteiger partial charge in [-0.3, -0.25) is 4.79 Å². The van der Waals surface area contributed by atoms with Crippen LogP contribution in [0.15, 0.2) is 35.6 Å². The molecule has 1 aromatic carbocycles. The Morgan fingerprint density at radius 1 is 1.29 bits per heavy atom. The molecule has 4 nitrogen and oxygen atoms in total. The molecule has 1 heterocycles. The first kappa shape index (κ1) is 15.8. The summed E-state index contributed by atoms with van der Waals surface area (Å²) in [5.74, 6) is -0.336. The number of amides is 1. The molecule has 0 radical (unpaired) electrons. The van der Waals surface area contributed by atoms with Gasteiger partial charge in [0.15, 0.2) is 10.9 Å². The van der Waals surface area contributed by atoms with E-state index < -0.39 is 0 Å². The second-order valence-electron chi connectivity index (χ2n) is 4.84. The van der Waals surface area contributed by atoms with E-state index in [4.69, 9.17) is 11.6 Å². The van der Waals surface area contributed by atoms with Crippen molar-refractivity contribution in [2.75, 3.05) is 5.32 Å². The Morgan fingerprint density at radius 2 is 1.95 bits per heavy atom. The Labute approximate surface area is 133 Å². The Kier molecular flexibility index (Phi) is 5.20. The van der Waals surface area contributed by atoms with Crippen molar-refractivity contribution in [3.05, 3.63) is 46.7 Å². The fourth-order valence-electron chi connectivity index (χ4n) is 1.60. The van der Waals surface area contributed by atoms with Crippen LogP contribution in [0.25, 0.3) is 0 Å². The summed E-state index contributed by atoms with van der Waals surface area (Å²) in [6.45, 7) is 6.06. The highest BCUT2D eigenvalue weighted by Gasteiger charge is 2.15. The van der Waals surface area contributed by atoms with Gasteiger partial charge in [-0.1, -0.05) is 54.9 Å². The standard InChI is InChI=1S/C15H16ClN3OS/c1-9(2)21-15-17-8-12(16)13(19-15)14(20)18-11-6-4-10(3)5-7-11/h4-9H,1-3H3,(H,18,20). The molecule has 2 rings (SSSR count). The van der Waals surface area contributed by atoms with Crippen molar-refractivity contribution in [1.82, 2.24) is 9.97 Å². The lowest BCUT2D eigenvalue weighted by Crippen LogP contribution is -2.15. The van der Waals surface area contributed by atoms with Crippen LogP contribution in [0.3, 0.4) is 0 Å². The number of carbonyl (C=O) groups excluding carboxylic acids is 1. The molecule has 0 aliphatic carbocycles. The van der Waals surface area contributed by atoms with E-state index in [0.29, 0.717) is 16.1 Å². The number of nitrogens with zero attached hydrogens (tertiary/aromatic N) is 2. The van der Waals surface area contributed by atoms with Crippen molar-refractivity contribution >= 4 is 35.0 Å². The van der Waals surface area contributed by atoms with Crippen molar-refractivity contribution in [2.45, 2.75) is 31.2 Å². The summed E-state index contributed by atoms with van der Waals surface area (Å²) < 4.78 is 0. The highest BCUT2D eigenvalue weighted by atomic mass is 35.5. The van der Waals surface area contributed by atoms with Gasteiger partial charge in [-0.15, -0.1) is 0 Å². The first-order chi connectivity index (χ1) is 9.95. The summed E-state index contributed by atoms with van der Waals surface area (Å²) in [5, 5.41) is 3.90. The molecule has 0 fully saturated rings. The number of nitrogens with one attached hydrogen (secondary N) is 1. The molecule has 1 aromatic heterocycles. The summed E-state index contributed by atoms with van der Waals surface area (Å²) in [4.78, 5) is 20.6. The van der Waals surface area contributed by atoms with Gasteiger partial charge in [0.2, 0.25) is 0 Å². The van der Waals surface area contributed by atoms with Crippen LogP contribution in [-0.4, -0.2) is 21.1 Å². The molecule has 0 bridgehead atoms. The SMILES string of the molecule is Cc1ccc(NC(=O)c2nc(SC(C)C)ncc2Cl)cc1. The largest absolute Gasteiger partial charge is 0.321 e. The summed E-state index contributed by atoms with van der Waals surface area (Å²) in [6, 6.07) is 7.53. The zero-order chi connectivity index (χ0) is 15.4. The summed E-state index contributed by atoms with van der Waals surface area (Å²) >= 11 is 7.51. The number of hydrogen-bond acceptors (Lipinski definition) is 4. The minimum Gasteiger partial charge on any atom is -0.321 e. The molecule has 0 aliphatic rings. The number of aryl methyl sites for hydroxylation is 1. The van der Waals surface area contributed by atoms with Crippen molar-refractivity contribution in [3.63, 3.8) is 0 Å². The third kappa shape index (κ3) is 4.44. The van der Waals surface area contributed by atoms with E-state index in [1.165, 1.54) is 18.0 Å². The zero-order valence-electron chi connectivity index (χ0n) is 12.1. The molecule has 0 unspecified atom stereocenters. The first-order valence-corrected chi connectivity index (χ1v) is 7.78. The van der Waals surface area contributed by atoms with Gasteiger partial charge in [-0.25, -0.2) is 9.97 Å². The number of aromatic nitrogens is 2. The molecule has 0 aliphatic heterocycles. The molecular formula is C15H16ClN3OS. The molecule has 110 valence electrons. The Morgan fingerprint density at radius 3 is 2.57 bits per heavy atom. The van der Waals surface area contributed by atoms with Crippen LogP contribution in [-0.2, 0) is 0 Å². The van der Waals surface area contributed by atoms with Gasteiger partial charge in [0.25, 0.3) is 5.91 Å². The monoisotopic (exact) mass is 321 g/mol. The van der Waals surface area contributed by atoms with Gasteiger partial charge in [0.1, 0.15) is 0 Å². The maximum atomic E-state index is 12.3. The van der Waals surface area contributed by atoms with Crippen molar-refractivity contribution in [3.8, 4) is 0 Å². The van der Waals surface area contributed by atoms with E-state index in [1.807, 2.05) is 45.0 Å². The first-order valence-electron chi connectivity index (χ1n) is 6.53. The van der Waals surface area contributed by atoms with E-state index in [2.05, 4.69) is 15.3 Å². The Balaban J connectivity index is 2.19. The van der Waals surface area contributed by atoms with E-state index in [-0.39, 0.29) is 16.6 Å². The lowest BCUT2D eigenvalue weighted by Gasteiger charge is -2.08. The Bertz CT molecular complexity index is 644. The molecule has 0 atom stereocenters. The zero-order valence-corrected chi connectivity index (χ0v) is 13.6. The van der Waals surface area contributed by atoms with Gasteiger partial charge in [-0.05, 0) is 19.1 Å². The third-order valence-corrected chi connectivity index (χ3v) is 3.74. The van der Waals surface area contributed by atoms with Gasteiger partial charge in [0, 0.05) is 10.9 Å². The quantitative estimate of drug-likeness (QED) is 0.677. The average Bonchev–Trinajstić information content (AvgIpc) is 2.43. The van der Waals surface area contributed by atoms with Crippen LogP contribution in [0.4, 0.5) is 5.69 Å². The van der Waals surface area contributed by atoms with E-state index in [1.54, 1.807) is 0 Å². The van der Waals surface area contributed by atoms with Crippen LogP contribution in [0.5, 0.6) is 0 Å². The highest BCUT2D eigenvalue weighted by molar-refractivity contribution is 7.99. The lowest BCUT2D eigenvalue weighted by atomic mass is 10.2. The molecule has 6 heteroatoms. The second kappa shape index (κ2) is 6.91. The molecule has 0 saturated carbocycles. The normalized spacial score (nSPS) is 10.7. The summed E-state index contributed by atoms with van der Waals surface area (Å²) in [5.41, 5.74) is 2.03. The number of rotatable bonds is 4. The van der Waals surface area contributed by atoms with Gasteiger partial charge < -0.3 is 5.32 Å². The minimum atomic E-state index is -0.336. The van der Waals surface area contributed by atoms with E-state index in [9.17, 15) is 4.79 Å². The van der Waals surface area contributed by atoms with Crippen LogP contribution in [0.2, 0.25) is 5.02 Å². The second-order valence-corrected chi connectivity index (χ2v) is 6.79. The average molecular weight is 322 g/mol. The molecule has 2 aromatic rings. The molecular weight excluding hydrogens is 306 g/mol. The number of thioether (sulfide) groups is 1. The lowest BCUT2D eigenvalue weighted by molar-refractivity contribution is 0.102. The number of carbonyl (C=O) groups is 1. The maximum Gasteiger partial charge on any atom is 0.275 e. The number of benzene rings is 1. The molecule has 1 N–H and O–H groups in total. The van der Waals surface area contributed by atoms with Crippen molar-refractivity contribution in [1.29, 1.82) is 0 Å². The summed E-state index contributed by atoms with van der Waals surface area (Å²) in [6.07, 6.45) is 1.46. The predicted octanol–water partition coefficient (Wildman–Crippen LogP) is 4.19. The highest BCUT2D eigenvalue weighted by Crippen LogP contribution is 2.22. The summed E-state index contributed by atoms with van der Waals surface area (Å²) in [7, 11) is 0. The number of hydrogen-bond donors (Lipinski definition) is 1. The topological polar surface area (TPSA) is 54.9 Å². The maximum absolute atomic E-state index is 12.3. The number of anilines is 1. The van der Waals surface area contributed by atoms with Crippen LogP contribution in [0.1, 0.15) is 29.9 Å². The van der Waals surface area contributed by atoms with E-state index in [0.717, 1.165) is 5.56 Å². The van der Waals surface area contributed by atoms with Crippen LogP contribution >= 0.6 is 23.4 Å². The van der Waals surface area contributed by atoms with Crippen LogP contribution < -0.4 is 5.32 Å². The molecule has 1 amide bonds. The third-order valence-electron chi connectivity index (χ3n) is 2.59. The molecule has 21 heavy (non-hydrogen) atoms. The van der Waals surface area contributed by atoms with Gasteiger partial charge in [-0.2, -0.15) is 0 Å². The van der Waals surface area contributed by atoms with Gasteiger partial charge >= 0.3 is 0 Å². The molecule has 0 spiro atoms. The van der Waals surface area contributed by atoms with Crippen LogP contribution in [0, 0.1) is 6.92 Å². The minimum absolute atomic E-state index is 0.190. The molecule has 0 saturated heterocycles. The predicted molar refractivity (Wildman–Crippen MR) is 87.2 cm³/mol. The number of halogens is 1. The smallest absolute Gasteiger partial charge is 0.275 e. The fourth-order valence-corrected chi connectivity index (χ4v) is 2.46. The van der Waals surface area contributed by atoms with E-state index >= 15 is 0 Å². The fraction of sp³-hybridized carbons (Fsp3) is 0.267. The van der Waals surface area contributed by atoms with Crippen molar-refractivity contribution in [2.24, 2.45) is 0 Å². The van der Waals surface area contributed by atoms with Gasteiger partial charge in [0.05, 0.1) is 11.2 Å². The van der Waals surface area contributed by atoms with Crippen molar-refractivity contribution < 1.29 is 4.79 Å².